The predicted molar refractivity (Wildman–Crippen MR) is 122 cm³/mol. The molecule has 0 amide bonds. The van der Waals surface area contributed by atoms with E-state index >= 15 is 0 Å². The van der Waals surface area contributed by atoms with Gasteiger partial charge >= 0.3 is 6.01 Å². The molecule has 2 fully saturated rings. The zero-order valence-electron chi connectivity index (χ0n) is 19.8. The maximum Gasteiger partial charge on any atom is 0.316 e. The Labute approximate surface area is 190 Å². The van der Waals surface area contributed by atoms with Gasteiger partial charge in [0, 0.05) is 56.9 Å². The topological polar surface area (TPSA) is 72.8 Å². The molecule has 2 aromatic heterocycles. The van der Waals surface area contributed by atoms with E-state index in [0.29, 0.717) is 36.1 Å². The summed E-state index contributed by atoms with van der Waals surface area (Å²) in [7, 11) is 1.58. The maximum absolute atomic E-state index is 6.34. The maximum atomic E-state index is 6.34. The minimum absolute atomic E-state index is 0.145. The SMILES string of the molecule is COc1ncc(OC2CCN(C(C)C)C2)c(Cc2ccnc(OC3CN(C(C)C)C3)c2)n1. The van der Waals surface area contributed by atoms with Crippen molar-refractivity contribution in [2.45, 2.75) is 64.8 Å². The molecule has 174 valence electrons. The summed E-state index contributed by atoms with van der Waals surface area (Å²) in [4.78, 5) is 18.1. The summed E-state index contributed by atoms with van der Waals surface area (Å²) in [5.41, 5.74) is 1.88. The highest BCUT2D eigenvalue weighted by atomic mass is 16.5. The van der Waals surface area contributed by atoms with E-state index in [9.17, 15) is 0 Å². The first-order valence-electron chi connectivity index (χ1n) is 11.6. The number of rotatable bonds is 9. The van der Waals surface area contributed by atoms with Crippen LogP contribution in [0.1, 0.15) is 45.4 Å². The lowest BCUT2D eigenvalue weighted by molar-refractivity contribution is -0.00231. The Hall–Kier alpha value is -2.45. The Balaban J connectivity index is 1.44. The lowest BCUT2D eigenvalue weighted by Gasteiger charge is -2.41. The Kier molecular flexibility index (Phi) is 7.10. The number of pyridine rings is 1. The molecule has 2 aromatic rings. The van der Waals surface area contributed by atoms with E-state index in [4.69, 9.17) is 14.2 Å². The van der Waals surface area contributed by atoms with Gasteiger partial charge in [-0.2, -0.15) is 9.97 Å². The van der Waals surface area contributed by atoms with Gasteiger partial charge in [0.15, 0.2) is 5.75 Å². The van der Waals surface area contributed by atoms with Crippen LogP contribution in [-0.2, 0) is 6.42 Å². The van der Waals surface area contributed by atoms with Gasteiger partial charge in [0.25, 0.3) is 0 Å². The lowest BCUT2D eigenvalue weighted by atomic mass is 10.1. The quantitative estimate of drug-likeness (QED) is 0.588. The van der Waals surface area contributed by atoms with Gasteiger partial charge < -0.3 is 14.2 Å². The number of hydrogen-bond acceptors (Lipinski definition) is 8. The largest absolute Gasteiger partial charge is 0.485 e. The molecule has 32 heavy (non-hydrogen) atoms. The molecular formula is C24H35N5O3. The van der Waals surface area contributed by atoms with E-state index in [1.54, 1.807) is 19.5 Å². The molecule has 0 radical (unpaired) electrons. The van der Waals surface area contributed by atoms with E-state index in [1.165, 1.54) is 0 Å². The molecule has 0 saturated carbocycles. The molecule has 4 heterocycles. The van der Waals surface area contributed by atoms with E-state index in [-0.39, 0.29) is 12.2 Å². The van der Waals surface area contributed by atoms with Crippen molar-refractivity contribution in [1.82, 2.24) is 24.8 Å². The monoisotopic (exact) mass is 441 g/mol. The Morgan fingerprint density at radius 1 is 1.00 bits per heavy atom. The second-order valence-electron chi connectivity index (χ2n) is 9.25. The normalized spacial score (nSPS) is 20.0. The molecule has 0 spiro atoms. The number of hydrogen-bond donors (Lipinski definition) is 0. The van der Waals surface area contributed by atoms with Crippen molar-refractivity contribution >= 4 is 0 Å². The van der Waals surface area contributed by atoms with Gasteiger partial charge in [0.1, 0.15) is 12.2 Å². The number of methoxy groups -OCH3 is 1. The van der Waals surface area contributed by atoms with Crippen molar-refractivity contribution in [3.05, 3.63) is 35.8 Å². The van der Waals surface area contributed by atoms with E-state index in [0.717, 1.165) is 43.9 Å². The third kappa shape index (κ3) is 5.48. The van der Waals surface area contributed by atoms with Crippen molar-refractivity contribution in [3.8, 4) is 17.6 Å². The summed E-state index contributed by atoms with van der Waals surface area (Å²) in [5, 5.41) is 0. The first kappa shape index (κ1) is 22.7. The van der Waals surface area contributed by atoms with Crippen LogP contribution in [0.25, 0.3) is 0 Å². The smallest absolute Gasteiger partial charge is 0.316 e. The van der Waals surface area contributed by atoms with Gasteiger partial charge in [0.05, 0.1) is 19.0 Å². The van der Waals surface area contributed by atoms with Crippen LogP contribution in [0.2, 0.25) is 0 Å². The molecule has 0 bridgehead atoms. The van der Waals surface area contributed by atoms with E-state index < -0.39 is 0 Å². The summed E-state index contributed by atoms with van der Waals surface area (Å²) in [6.45, 7) is 12.7. The molecule has 2 saturated heterocycles. The molecule has 8 nitrogen and oxygen atoms in total. The summed E-state index contributed by atoms with van der Waals surface area (Å²) in [5.74, 6) is 1.37. The second kappa shape index (κ2) is 10.0. The van der Waals surface area contributed by atoms with Crippen LogP contribution in [0.5, 0.6) is 17.6 Å². The molecule has 4 rings (SSSR count). The van der Waals surface area contributed by atoms with E-state index in [2.05, 4.69) is 52.4 Å². The highest BCUT2D eigenvalue weighted by Crippen LogP contribution is 2.26. The van der Waals surface area contributed by atoms with Crippen LogP contribution in [0, 0.1) is 0 Å². The van der Waals surface area contributed by atoms with Crippen molar-refractivity contribution in [1.29, 1.82) is 0 Å². The molecule has 1 unspecified atom stereocenters. The van der Waals surface area contributed by atoms with Crippen molar-refractivity contribution in [2.75, 3.05) is 33.3 Å². The molecule has 2 aliphatic heterocycles. The van der Waals surface area contributed by atoms with Crippen LogP contribution in [0.15, 0.2) is 24.5 Å². The van der Waals surface area contributed by atoms with Gasteiger partial charge in [-0.25, -0.2) is 4.98 Å². The molecular weight excluding hydrogens is 406 g/mol. The van der Waals surface area contributed by atoms with Crippen LogP contribution >= 0.6 is 0 Å². The first-order valence-corrected chi connectivity index (χ1v) is 11.6. The van der Waals surface area contributed by atoms with Crippen LogP contribution in [0.4, 0.5) is 0 Å². The number of nitrogens with zero attached hydrogens (tertiary/aromatic N) is 5. The zero-order chi connectivity index (χ0) is 22.7. The van der Waals surface area contributed by atoms with Crippen LogP contribution < -0.4 is 14.2 Å². The third-order valence-corrected chi connectivity index (χ3v) is 6.26. The molecule has 1 atom stereocenters. The zero-order valence-corrected chi connectivity index (χ0v) is 19.8. The third-order valence-electron chi connectivity index (χ3n) is 6.26. The predicted octanol–water partition coefficient (Wildman–Crippen LogP) is 2.80. The number of ether oxygens (including phenoxy) is 3. The van der Waals surface area contributed by atoms with Gasteiger partial charge in [-0.15, -0.1) is 0 Å². The summed E-state index contributed by atoms with van der Waals surface area (Å²) >= 11 is 0. The Morgan fingerprint density at radius 3 is 2.44 bits per heavy atom. The Bertz CT molecular complexity index is 901. The van der Waals surface area contributed by atoms with Gasteiger partial charge in [0.2, 0.25) is 5.88 Å². The fourth-order valence-corrected chi connectivity index (χ4v) is 4.16. The number of aromatic nitrogens is 3. The lowest BCUT2D eigenvalue weighted by Crippen LogP contribution is -2.56. The molecule has 0 aromatic carbocycles. The standard InChI is InChI=1S/C24H35N5O3/c1-16(2)28-9-7-19(13-28)31-22-12-26-24(30-5)27-21(22)10-18-6-8-25-23(11-18)32-20-14-29(15-20)17(3)4/h6,8,11-12,16-17,19-20H,7,9-10,13-15H2,1-5H3. The van der Waals surface area contributed by atoms with Gasteiger partial charge in [-0.3, -0.25) is 9.80 Å². The summed E-state index contributed by atoms with van der Waals surface area (Å²) in [6.07, 6.45) is 5.46. The fraction of sp³-hybridized carbons (Fsp3) is 0.625. The van der Waals surface area contributed by atoms with Gasteiger partial charge in [-0.1, -0.05) is 0 Å². The molecule has 8 heteroatoms. The van der Waals surface area contributed by atoms with Crippen molar-refractivity contribution < 1.29 is 14.2 Å². The average molecular weight is 442 g/mol. The fourth-order valence-electron chi connectivity index (χ4n) is 4.16. The number of likely N-dealkylation sites (tertiary alicyclic amines) is 2. The van der Waals surface area contributed by atoms with Crippen molar-refractivity contribution in [2.24, 2.45) is 0 Å². The average Bonchev–Trinajstić information content (AvgIpc) is 3.20. The molecule has 0 aliphatic carbocycles. The second-order valence-corrected chi connectivity index (χ2v) is 9.25. The molecule has 2 aliphatic rings. The highest BCUT2D eigenvalue weighted by Gasteiger charge is 2.30. The van der Waals surface area contributed by atoms with Crippen LogP contribution in [0.3, 0.4) is 0 Å². The Morgan fingerprint density at radius 2 is 1.75 bits per heavy atom. The van der Waals surface area contributed by atoms with Crippen molar-refractivity contribution in [3.63, 3.8) is 0 Å². The van der Waals surface area contributed by atoms with Gasteiger partial charge in [-0.05, 0) is 45.7 Å². The van der Waals surface area contributed by atoms with E-state index in [1.807, 2.05) is 12.1 Å². The highest BCUT2D eigenvalue weighted by molar-refractivity contribution is 5.33. The minimum Gasteiger partial charge on any atom is -0.485 e. The minimum atomic E-state index is 0.145. The summed E-state index contributed by atoms with van der Waals surface area (Å²) in [6, 6.07) is 5.40. The first-order chi connectivity index (χ1) is 15.4. The van der Waals surface area contributed by atoms with Crippen LogP contribution in [-0.4, -0.2) is 82.3 Å². The summed E-state index contributed by atoms with van der Waals surface area (Å²) < 4.78 is 17.7. The molecule has 0 N–H and O–H groups in total.